The zero-order chi connectivity index (χ0) is 25.4. The first-order chi connectivity index (χ1) is 16.8. The smallest absolute Gasteiger partial charge is 0.254 e. The molecule has 0 heterocycles. The molecule has 0 aliphatic rings. The molecule has 3 rings (SSSR count). The van der Waals surface area contributed by atoms with Gasteiger partial charge in [0.25, 0.3) is 5.91 Å². The zero-order valence-corrected chi connectivity index (χ0v) is 21.2. The predicted molar refractivity (Wildman–Crippen MR) is 142 cm³/mol. The highest BCUT2D eigenvalue weighted by Gasteiger charge is 2.42. The molecule has 36 heavy (non-hydrogen) atoms. The van der Waals surface area contributed by atoms with Gasteiger partial charge in [0.1, 0.15) is 17.4 Å². The van der Waals surface area contributed by atoms with Gasteiger partial charge in [0.05, 0.1) is 7.11 Å². The summed E-state index contributed by atoms with van der Waals surface area (Å²) in [5.41, 5.74) is 12.8. The first kappa shape index (κ1) is 28.6. The average Bonchev–Trinajstić information content (AvgIpc) is 2.84. The molecule has 0 saturated carbocycles. The van der Waals surface area contributed by atoms with Gasteiger partial charge in [-0.2, -0.15) is 0 Å². The molecule has 1 amide bonds. The summed E-state index contributed by atoms with van der Waals surface area (Å²) in [7, 11) is 1.43. The normalized spacial score (nSPS) is 12.2. The summed E-state index contributed by atoms with van der Waals surface area (Å²) in [6.45, 7) is 2.45. The van der Waals surface area contributed by atoms with Gasteiger partial charge in [-0.05, 0) is 42.7 Å². The molecular weight excluding hydrogens is 483 g/mol. The standard InChI is InChI=1S/C27H31FN4O3.ClH/c1-3-35-27(26(31)33,22-12-11-21(34-2)16-23(22)28)17-20-10-9-19(25(29)30)15-24(20)32-14-13-18-7-5-4-6-8-18;/h4-12,15-16,32H,3,13-14,17H2,1-2H3,(H3,29,30)(H2,31,33);1H. The third kappa shape index (κ3) is 6.53. The van der Waals surface area contributed by atoms with Crippen LogP contribution in [0.1, 0.15) is 29.2 Å². The van der Waals surface area contributed by atoms with Gasteiger partial charge in [0, 0.05) is 42.5 Å². The minimum Gasteiger partial charge on any atom is -0.497 e. The number of rotatable bonds is 12. The van der Waals surface area contributed by atoms with Crippen molar-refractivity contribution in [2.45, 2.75) is 25.4 Å². The number of benzene rings is 3. The van der Waals surface area contributed by atoms with Gasteiger partial charge in [0.15, 0.2) is 5.60 Å². The second-order valence-corrected chi connectivity index (χ2v) is 8.09. The molecule has 0 bridgehead atoms. The number of ether oxygens (including phenoxy) is 2. The Labute approximate surface area is 216 Å². The van der Waals surface area contributed by atoms with Crippen LogP contribution in [0.25, 0.3) is 0 Å². The molecule has 0 fully saturated rings. The molecule has 0 aliphatic carbocycles. The number of hydrogen-bond acceptors (Lipinski definition) is 5. The Kier molecular flexibility index (Phi) is 10.3. The monoisotopic (exact) mass is 514 g/mol. The Bertz CT molecular complexity index is 1190. The van der Waals surface area contributed by atoms with Gasteiger partial charge in [-0.25, -0.2) is 4.39 Å². The number of anilines is 1. The van der Waals surface area contributed by atoms with Crippen LogP contribution in [0.4, 0.5) is 10.1 Å². The topological polar surface area (TPSA) is 123 Å². The fourth-order valence-corrected chi connectivity index (χ4v) is 4.03. The van der Waals surface area contributed by atoms with Crippen molar-refractivity contribution in [1.29, 1.82) is 5.41 Å². The van der Waals surface area contributed by atoms with E-state index in [1.165, 1.54) is 19.2 Å². The fraction of sp³-hybridized carbons (Fsp3) is 0.259. The lowest BCUT2D eigenvalue weighted by molar-refractivity contribution is -0.145. The summed E-state index contributed by atoms with van der Waals surface area (Å²) >= 11 is 0. The van der Waals surface area contributed by atoms with Crippen molar-refractivity contribution in [3.8, 4) is 5.75 Å². The van der Waals surface area contributed by atoms with Crippen LogP contribution in [0.5, 0.6) is 5.75 Å². The number of methoxy groups -OCH3 is 1. The van der Waals surface area contributed by atoms with E-state index in [2.05, 4.69) is 5.32 Å². The van der Waals surface area contributed by atoms with Crippen LogP contribution >= 0.6 is 12.4 Å². The van der Waals surface area contributed by atoms with Crippen LogP contribution in [-0.2, 0) is 28.0 Å². The molecule has 192 valence electrons. The molecule has 1 unspecified atom stereocenters. The van der Waals surface area contributed by atoms with Crippen LogP contribution in [-0.4, -0.2) is 32.0 Å². The summed E-state index contributed by atoms with van der Waals surface area (Å²) in [6.07, 6.45) is 0.732. The molecule has 1 atom stereocenters. The van der Waals surface area contributed by atoms with E-state index in [1.807, 2.05) is 30.3 Å². The van der Waals surface area contributed by atoms with E-state index in [1.54, 1.807) is 31.2 Å². The lowest BCUT2D eigenvalue weighted by Gasteiger charge is -2.32. The number of nitrogens with one attached hydrogen (secondary N) is 2. The SMILES string of the molecule is CCOC(Cc1ccc(C(=N)N)cc1NCCc1ccccc1)(C(N)=O)c1ccc(OC)cc1F.Cl. The molecule has 0 aliphatic heterocycles. The van der Waals surface area contributed by atoms with Crippen molar-refractivity contribution in [2.75, 3.05) is 25.6 Å². The maximum absolute atomic E-state index is 15.2. The molecule has 0 aromatic heterocycles. The minimum atomic E-state index is -1.75. The molecule has 0 spiro atoms. The Hall–Kier alpha value is -3.62. The summed E-state index contributed by atoms with van der Waals surface area (Å²) in [5, 5.41) is 11.2. The summed E-state index contributed by atoms with van der Waals surface area (Å²) in [4.78, 5) is 12.8. The fourth-order valence-electron chi connectivity index (χ4n) is 4.03. The zero-order valence-electron chi connectivity index (χ0n) is 20.3. The van der Waals surface area contributed by atoms with Gasteiger partial charge >= 0.3 is 0 Å². The highest BCUT2D eigenvalue weighted by Crippen LogP contribution is 2.36. The molecule has 3 aromatic rings. The van der Waals surface area contributed by atoms with Gasteiger partial charge in [-0.1, -0.05) is 42.5 Å². The van der Waals surface area contributed by atoms with Crippen molar-refractivity contribution in [3.05, 3.63) is 94.8 Å². The molecule has 7 nitrogen and oxygen atoms in total. The van der Waals surface area contributed by atoms with E-state index in [4.69, 9.17) is 26.4 Å². The summed E-state index contributed by atoms with van der Waals surface area (Å²) < 4.78 is 26.1. The van der Waals surface area contributed by atoms with Gasteiger partial charge < -0.3 is 26.3 Å². The number of halogens is 2. The van der Waals surface area contributed by atoms with Crippen molar-refractivity contribution >= 4 is 29.8 Å². The third-order valence-corrected chi connectivity index (χ3v) is 5.83. The van der Waals surface area contributed by atoms with E-state index >= 15 is 4.39 Å². The van der Waals surface area contributed by atoms with E-state index in [-0.39, 0.29) is 36.8 Å². The summed E-state index contributed by atoms with van der Waals surface area (Å²) in [5.74, 6) is -1.24. The quantitative estimate of drug-likeness (QED) is 0.213. The highest BCUT2D eigenvalue weighted by atomic mass is 35.5. The molecule has 6 N–H and O–H groups in total. The average molecular weight is 515 g/mol. The number of carbonyl (C=O) groups excluding carboxylic acids is 1. The van der Waals surface area contributed by atoms with Crippen molar-refractivity contribution in [2.24, 2.45) is 11.5 Å². The molecule has 9 heteroatoms. The molecule has 0 saturated heterocycles. The van der Waals surface area contributed by atoms with E-state index in [0.29, 0.717) is 29.1 Å². The summed E-state index contributed by atoms with van der Waals surface area (Å²) in [6, 6.07) is 19.4. The number of primary amides is 1. The van der Waals surface area contributed by atoms with Gasteiger partial charge in [0.2, 0.25) is 0 Å². The number of nitrogen functional groups attached to an aromatic ring is 1. The second-order valence-electron chi connectivity index (χ2n) is 8.09. The Morgan fingerprint density at radius 2 is 1.81 bits per heavy atom. The van der Waals surface area contributed by atoms with E-state index in [9.17, 15) is 4.79 Å². The Morgan fingerprint density at radius 3 is 2.39 bits per heavy atom. The second kappa shape index (κ2) is 12.9. The van der Waals surface area contributed by atoms with E-state index in [0.717, 1.165) is 12.0 Å². The molecular formula is C27H32ClFN4O3. The van der Waals surface area contributed by atoms with Crippen LogP contribution in [0.3, 0.4) is 0 Å². The van der Waals surface area contributed by atoms with Crippen molar-refractivity contribution in [3.63, 3.8) is 0 Å². The highest BCUT2D eigenvalue weighted by molar-refractivity contribution is 5.96. The first-order valence-electron chi connectivity index (χ1n) is 11.3. The Balaban J connectivity index is 0.00000456. The number of amides is 1. The van der Waals surface area contributed by atoms with Crippen LogP contribution in [0, 0.1) is 11.2 Å². The lowest BCUT2D eigenvalue weighted by atomic mass is 9.84. The molecule has 3 aromatic carbocycles. The van der Waals surface area contributed by atoms with Gasteiger partial charge in [-0.15, -0.1) is 12.4 Å². The minimum absolute atomic E-state index is 0. The first-order valence-corrected chi connectivity index (χ1v) is 11.3. The lowest BCUT2D eigenvalue weighted by Crippen LogP contribution is -2.46. The maximum atomic E-state index is 15.2. The predicted octanol–water partition coefficient (Wildman–Crippen LogP) is 4.15. The van der Waals surface area contributed by atoms with Gasteiger partial charge in [-0.3, -0.25) is 10.2 Å². The number of carbonyl (C=O) groups is 1. The van der Waals surface area contributed by atoms with Crippen LogP contribution < -0.4 is 21.5 Å². The third-order valence-electron chi connectivity index (χ3n) is 5.83. The van der Waals surface area contributed by atoms with E-state index < -0.39 is 17.3 Å². The molecule has 0 radical (unpaired) electrons. The Morgan fingerprint density at radius 1 is 1.08 bits per heavy atom. The maximum Gasteiger partial charge on any atom is 0.254 e. The van der Waals surface area contributed by atoms with Crippen molar-refractivity contribution in [1.82, 2.24) is 0 Å². The number of nitrogens with two attached hydrogens (primary N) is 2. The van der Waals surface area contributed by atoms with Crippen molar-refractivity contribution < 1.29 is 18.7 Å². The number of amidine groups is 1. The largest absolute Gasteiger partial charge is 0.497 e. The van der Waals surface area contributed by atoms with Crippen LogP contribution in [0.15, 0.2) is 66.7 Å². The number of hydrogen-bond donors (Lipinski definition) is 4. The van der Waals surface area contributed by atoms with Crippen LogP contribution in [0.2, 0.25) is 0 Å².